The zero-order chi connectivity index (χ0) is 22.0. The van der Waals surface area contributed by atoms with E-state index >= 15 is 0 Å². The first kappa shape index (κ1) is 21.0. The van der Waals surface area contributed by atoms with Gasteiger partial charge in [0.25, 0.3) is 0 Å². The number of aryl methyl sites for hydroxylation is 1. The third-order valence-electron chi connectivity index (χ3n) is 6.14. The van der Waals surface area contributed by atoms with Gasteiger partial charge in [0.15, 0.2) is 0 Å². The van der Waals surface area contributed by atoms with E-state index in [-0.39, 0.29) is 18.4 Å². The molecule has 162 valence electrons. The molecule has 6 nitrogen and oxygen atoms in total. The number of hydrogen-bond donors (Lipinski definition) is 0. The number of carbonyl (C=O) groups is 1. The topological polar surface area (TPSA) is 69.0 Å². The molecule has 0 bridgehead atoms. The number of fused-ring (bicyclic) bond motifs is 1. The minimum Gasteiger partial charge on any atom is -0.497 e. The van der Waals surface area contributed by atoms with Crippen molar-refractivity contribution in [3.8, 4) is 11.5 Å². The molecule has 2 aromatic carbocycles. The predicted octanol–water partition coefficient (Wildman–Crippen LogP) is 4.41. The van der Waals surface area contributed by atoms with Crippen molar-refractivity contribution in [2.24, 2.45) is 0 Å². The molecular weight excluding hydrogens is 394 g/mol. The fourth-order valence-electron chi connectivity index (χ4n) is 4.43. The van der Waals surface area contributed by atoms with Gasteiger partial charge in [-0.3, -0.25) is 4.79 Å². The Morgan fingerprint density at radius 2 is 1.90 bits per heavy atom. The summed E-state index contributed by atoms with van der Waals surface area (Å²) in [6.45, 7) is 2.63. The van der Waals surface area contributed by atoms with Gasteiger partial charge in [0.2, 0.25) is 5.91 Å². The maximum atomic E-state index is 13.1. The second-order valence-electron chi connectivity index (χ2n) is 7.88. The number of ether oxygens (including phenoxy) is 2. The minimum absolute atomic E-state index is 0.0455. The Balaban J connectivity index is 1.53. The van der Waals surface area contributed by atoms with E-state index in [9.17, 15) is 9.59 Å². The molecular formula is C25H27NO5. The summed E-state index contributed by atoms with van der Waals surface area (Å²) in [6.07, 6.45) is 2.52. The first-order chi connectivity index (χ1) is 15.0. The number of amides is 1. The van der Waals surface area contributed by atoms with Crippen LogP contribution in [0.15, 0.2) is 51.7 Å². The molecule has 1 fully saturated rings. The average molecular weight is 421 g/mol. The predicted molar refractivity (Wildman–Crippen MR) is 119 cm³/mol. The molecule has 1 aliphatic rings. The van der Waals surface area contributed by atoms with Crippen LogP contribution in [0.4, 0.5) is 0 Å². The molecule has 1 unspecified atom stereocenters. The molecule has 1 amide bonds. The number of likely N-dealkylation sites (tertiary alicyclic amines) is 1. The number of benzene rings is 2. The van der Waals surface area contributed by atoms with E-state index in [4.69, 9.17) is 13.9 Å². The van der Waals surface area contributed by atoms with Crippen molar-refractivity contribution >= 4 is 16.9 Å². The van der Waals surface area contributed by atoms with Gasteiger partial charge in [0, 0.05) is 30.0 Å². The van der Waals surface area contributed by atoms with Crippen LogP contribution in [-0.4, -0.2) is 31.6 Å². The first-order valence-corrected chi connectivity index (χ1v) is 10.6. The van der Waals surface area contributed by atoms with Gasteiger partial charge in [0.05, 0.1) is 20.3 Å². The summed E-state index contributed by atoms with van der Waals surface area (Å²) < 4.78 is 16.1. The Kier molecular flexibility index (Phi) is 5.98. The minimum atomic E-state index is -0.392. The lowest BCUT2D eigenvalue weighted by molar-refractivity contribution is -0.132. The van der Waals surface area contributed by atoms with Crippen molar-refractivity contribution < 1.29 is 18.7 Å². The SMILES string of the molecule is COc1cccc(C2CCCN2C(=O)CCc2c(C)c3ccc(OC)cc3oc2=O)c1. The lowest BCUT2D eigenvalue weighted by Crippen LogP contribution is -2.31. The van der Waals surface area contributed by atoms with Gasteiger partial charge in [-0.1, -0.05) is 12.1 Å². The maximum Gasteiger partial charge on any atom is 0.339 e. The van der Waals surface area contributed by atoms with E-state index < -0.39 is 5.63 Å². The third kappa shape index (κ3) is 4.15. The highest BCUT2D eigenvalue weighted by Gasteiger charge is 2.30. The lowest BCUT2D eigenvalue weighted by Gasteiger charge is -2.25. The molecule has 0 aliphatic carbocycles. The summed E-state index contributed by atoms with van der Waals surface area (Å²) in [5, 5.41) is 0.860. The van der Waals surface area contributed by atoms with Crippen molar-refractivity contribution in [1.29, 1.82) is 0 Å². The number of nitrogens with zero attached hydrogens (tertiary/aromatic N) is 1. The van der Waals surface area contributed by atoms with Crippen LogP contribution in [0.1, 0.15) is 42.0 Å². The molecule has 31 heavy (non-hydrogen) atoms. The second kappa shape index (κ2) is 8.84. The Morgan fingerprint density at radius 1 is 1.13 bits per heavy atom. The highest BCUT2D eigenvalue weighted by molar-refractivity contribution is 5.83. The normalized spacial score (nSPS) is 16.0. The number of carbonyl (C=O) groups excluding carboxylic acids is 1. The van der Waals surface area contributed by atoms with Crippen LogP contribution in [0.25, 0.3) is 11.0 Å². The van der Waals surface area contributed by atoms with Gasteiger partial charge in [0.1, 0.15) is 17.1 Å². The van der Waals surface area contributed by atoms with Gasteiger partial charge in [-0.25, -0.2) is 4.79 Å². The number of rotatable bonds is 6. The first-order valence-electron chi connectivity index (χ1n) is 10.6. The monoisotopic (exact) mass is 421 g/mol. The summed E-state index contributed by atoms with van der Waals surface area (Å²) in [7, 11) is 3.22. The average Bonchev–Trinajstić information content (AvgIpc) is 3.28. The van der Waals surface area contributed by atoms with E-state index in [0.717, 1.165) is 41.6 Å². The van der Waals surface area contributed by atoms with Crippen molar-refractivity contribution in [1.82, 2.24) is 4.90 Å². The Hall–Kier alpha value is -3.28. The third-order valence-corrected chi connectivity index (χ3v) is 6.14. The Labute approximate surface area is 181 Å². The molecule has 1 saturated heterocycles. The second-order valence-corrected chi connectivity index (χ2v) is 7.88. The van der Waals surface area contributed by atoms with Crippen molar-refractivity contribution in [2.75, 3.05) is 20.8 Å². The van der Waals surface area contributed by atoms with Crippen LogP contribution in [0.5, 0.6) is 11.5 Å². The quantitative estimate of drug-likeness (QED) is 0.551. The van der Waals surface area contributed by atoms with Gasteiger partial charge >= 0.3 is 5.63 Å². The van der Waals surface area contributed by atoms with Gasteiger partial charge in [-0.2, -0.15) is 0 Å². The molecule has 1 atom stereocenters. The summed E-state index contributed by atoms with van der Waals surface area (Å²) in [5.74, 6) is 1.48. The smallest absolute Gasteiger partial charge is 0.339 e. The molecule has 3 aromatic rings. The Bertz CT molecular complexity index is 1170. The van der Waals surface area contributed by atoms with Crippen molar-refractivity contribution in [3.63, 3.8) is 0 Å². The fourth-order valence-corrected chi connectivity index (χ4v) is 4.43. The van der Waals surface area contributed by atoms with E-state index in [0.29, 0.717) is 23.3 Å². The molecule has 1 aliphatic heterocycles. The van der Waals surface area contributed by atoms with Crippen LogP contribution in [0.3, 0.4) is 0 Å². The Morgan fingerprint density at radius 3 is 2.68 bits per heavy atom. The van der Waals surface area contributed by atoms with Crippen LogP contribution in [0.2, 0.25) is 0 Å². The van der Waals surface area contributed by atoms with Gasteiger partial charge in [-0.05, 0) is 61.6 Å². The molecule has 1 aromatic heterocycles. The highest BCUT2D eigenvalue weighted by Crippen LogP contribution is 2.34. The molecule has 0 N–H and O–H groups in total. The highest BCUT2D eigenvalue weighted by atomic mass is 16.5. The van der Waals surface area contributed by atoms with E-state index in [1.54, 1.807) is 20.3 Å². The van der Waals surface area contributed by atoms with Gasteiger partial charge < -0.3 is 18.8 Å². The molecule has 0 spiro atoms. The van der Waals surface area contributed by atoms with Gasteiger partial charge in [-0.15, -0.1) is 0 Å². The number of hydrogen-bond acceptors (Lipinski definition) is 5. The largest absolute Gasteiger partial charge is 0.497 e. The van der Waals surface area contributed by atoms with Crippen LogP contribution < -0.4 is 15.1 Å². The van der Waals surface area contributed by atoms with Crippen LogP contribution >= 0.6 is 0 Å². The number of methoxy groups -OCH3 is 2. The van der Waals surface area contributed by atoms with E-state index in [1.807, 2.05) is 48.2 Å². The maximum absolute atomic E-state index is 13.1. The molecule has 2 heterocycles. The van der Waals surface area contributed by atoms with Crippen LogP contribution in [0, 0.1) is 6.92 Å². The summed E-state index contributed by atoms with van der Waals surface area (Å²) in [4.78, 5) is 27.6. The van der Waals surface area contributed by atoms with Crippen LogP contribution in [-0.2, 0) is 11.2 Å². The zero-order valence-electron chi connectivity index (χ0n) is 18.1. The fraction of sp³-hybridized carbons (Fsp3) is 0.360. The van der Waals surface area contributed by atoms with E-state index in [2.05, 4.69) is 0 Å². The summed E-state index contributed by atoms with van der Waals surface area (Å²) in [5.41, 5.74) is 2.60. The molecule has 4 rings (SSSR count). The zero-order valence-corrected chi connectivity index (χ0v) is 18.1. The molecule has 6 heteroatoms. The molecule has 0 saturated carbocycles. The van der Waals surface area contributed by atoms with Crippen molar-refractivity contribution in [3.05, 3.63) is 69.6 Å². The molecule has 0 radical (unpaired) electrons. The van der Waals surface area contributed by atoms with E-state index in [1.165, 1.54) is 0 Å². The lowest BCUT2D eigenvalue weighted by atomic mass is 10.0. The standard InChI is InChI=1S/C25H27NO5/c1-16-20-10-9-19(30-3)15-23(20)31-25(28)21(16)11-12-24(27)26-13-5-8-22(26)17-6-4-7-18(14-17)29-2/h4,6-7,9-10,14-15,22H,5,8,11-13H2,1-3H3. The summed E-state index contributed by atoms with van der Waals surface area (Å²) >= 11 is 0. The summed E-state index contributed by atoms with van der Waals surface area (Å²) in [6, 6.07) is 13.4. The van der Waals surface area contributed by atoms with Crippen molar-refractivity contribution in [2.45, 2.75) is 38.6 Å².